The number of hydrogen-bond acceptors (Lipinski definition) is 2. The molecular formula is C16H17ClFNO. The van der Waals surface area contributed by atoms with E-state index in [0.29, 0.717) is 10.6 Å². The van der Waals surface area contributed by atoms with Crippen molar-refractivity contribution in [3.63, 3.8) is 0 Å². The van der Waals surface area contributed by atoms with Gasteiger partial charge < -0.3 is 10.8 Å². The van der Waals surface area contributed by atoms with E-state index in [1.807, 2.05) is 19.1 Å². The normalized spacial score (nSPS) is 14.1. The van der Waals surface area contributed by atoms with E-state index in [2.05, 4.69) is 0 Å². The van der Waals surface area contributed by atoms with Crippen molar-refractivity contribution in [2.24, 2.45) is 5.73 Å². The van der Waals surface area contributed by atoms with Crippen LogP contribution < -0.4 is 5.73 Å². The van der Waals surface area contributed by atoms with Gasteiger partial charge >= 0.3 is 0 Å². The number of aliphatic hydroxyl groups excluding tert-OH is 1. The third kappa shape index (κ3) is 3.18. The van der Waals surface area contributed by atoms with Crippen molar-refractivity contribution in [2.75, 3.05) is 6.54 Å². The first kappa shape index (κ1) is 15.0. The molecule has 0 aliphatic heterocycles. The number of aryl methyl sites for hydroxylation is 1. The standard InChI is InChI=1S/C16H17ClFNO/c1-10-5-6-13(18)8-14(10)16(20)15(9-19)11-3-2-4-12(17)7-11/h2-8,15-16,20H,9,19H2,1H3. The van der Waals surface area contributed by atoms with E-state index in [9.17, 15) is 9.50 Å². The maximum Gasteiger partial charge on any atom is 0.123 e. The molecule has 0 aliphatic rings. The van der Waals surface area contributed by atoms with Gasteiger partial charge in [0.1, 0.15) is 5.82 Å². The zero-order valence-corrected chi connectivity index (χ0v) is 11.9. The zero-order valence-electron chi connectivity index (χ0n) is 11.2. The molecule has 2 aromatic rings. The van der Waals surface area contributed by atoms with E-state index < -0.39 is 6.10 Å². The topological polar surface area (TPSA) is 46.2 Å². The SMILES string of the molecule is Cc1ccc(F)cc1C(O)C(CN)c1cccc(Cl)c1. The summed E-state index contributed by atoms with van der Waals surface area (Å²) in [5.74, 6) is -0.694. The summed E-state index contributed by atoms with van der Waals surface area (Å²) in [5, 5.41) is 11.1. The Hall–Kier alpha value is -1.42. The third-order valence-corrected chi connectivity index (χ3v) is 3.71. The van der Waals surface area contributed by atoms with Gasteiger partial charge in [0.2, 0.25) is 0 Å². The largest absolute Gasteiger partial charge is 0.388 e. The number of nitrogens with two attached hydrogens (primary N) is 1. The Morgan fingerprint density at radius 1 is 1.25 bits per heavy atom. The van der Waals surface area contributed by atoms with Crippen LogP contribution in [-0.4, -0.2) is 11.7 Å². The van der Waals surface area contributed by atoms with Gasteiger partial charge in [-0.25, -0.2) is 4.39 Å². The van der Waals surface area contributed by atoms with Crippen molar-refractivity contribution in [3.05, 3.63) is 70.0 Å². The van der Waals surface area contributed by atoms with Gasteiger partial charge in [-0.15, -0.1) is 0 Å². The Morgan fingerprint density at radius 2 is 2.00 bits per heavy atom. The van der Waals surface area contributed by atoms with Crippen LogP contribution in [0.2, 0.25) is 5.02 Å². The average Bonchev–Trinajstić information content (AvgIpc) is 2.42. The van der Waals surface area contributed by atoms with Crippen LogP contribution in [-0.2, 0) is 0 Å². The van der Waals surface area contributed by atoms with E-state index in [1.54, 1.807) is 18.2 Å². The predicted molar refractivity (Wildman–Crippen MR) is 79.3 cm³/mol. The van der Waals surface area contributed by atoms with E-state index in [-0.39, 0.29) is 18.3 Å². The number of aliphatic hydroxyl groups is 1. The van der Waals surface area contributed by atoms with Crippen molar-refractivity contribution in [3.8, 4) is 0 Å². The molecule has 0 bridgehead atoms. The second kappa shape index (κ2) is 6.35. The molecule has 0 radical (unpaired) electrons. The zero-order chi connectivity index (χ0) is 14.7. The first-order valence-electron chi connectivity index (χ1n) is 6.42. The molecule has 106 valence electrons. The van der Waals surface area contributed by atoms with Gasteiger partial charge in [0.15, 0.2) is 0 Å². The minimum Gasteiger partial charge on any atom is -0.388 e. The summed E-state index contributed by atoms with van der Waals surface area (Å²) < 4.78 is 13.4. The van der Waals surface area contributed by atoms with Gasteiger partial charge in [-0.05, 0) is 47.9 Å². The molecular weight excluding hydrogens is 277 g/mol. The van der Waals surface area contributed by atoms with Crippen LogP contribution in [0.5, 0.6) is 0 Å². The fourth-order valence-corrected chi connectivity index (χ4v) is 2.53. The van der Waals surface area contributed by atoms with Gasteiger partial charge in [-0.3, -0.25) is 0 Å². The second-order valence-electron chi connectivity index (χ2n) is 4.84. The van der Waals surface area contributed by atoms with Gasteiger partial charge in [-0.1, -0.05) is 29.8 Å². The molecule has 0 spiro atoms. The van der Waals surface area contributed by atoms with Gasteiger partial charge in [0.05, 0.1) is 6.10 Å². The summed E-state index contributed by atoms with van der Waals surface area (Å²) in [6.45, 7) is 2.08. The summed E-state index contributed by atoms with van der Waals surface area (Å²) in [5.41, 5.74) is 8.02. The molecule has 0 fully saturated rings. The van der Waals surface area contributed by atoms with Crippen LogP contribution >= 0.6 is 11.6 Å². The Kier molecular flexibility index (Phi) is 4.76. The van der Waals surface area contributed by atoms with Gasteiger partial charge in [0.25, 0.3) is 0 Å². The predicted octanol–water partition coefficient (Wildman–Crippen LogP) is 3.56. The highest BCUT2D eigenvalue weighted by atomic mass is 35.5. The first-order valence-corrected chi connectivity index (χ1v) is 6.80. The lowest BCUT2D eigenvalue weighted by Gasteiger charge is -2.24. The fourth-order valence-electron chi connectivity index (χ4n) is 2.33. The first-order chi connectivity index (χ1) is 9.52. The molecule has 2 rings (SSSR count). The lowest BCUT2D eigenvalue weighted by Crippen LogP contribution is -2.21. The molecule has 2 nitrogen and oxygen atoms in total. The van der Waals surface area contributed by atoms with Gasteiger partial charge in [0, 0.05) is 17.5 Å². The summed E-state index contributed by atoms with van der Waals surface area (Å²) >= 11 is 5.97. The molecule has 3 N–H and O–H groups in total. The van der Waals surface area contributed by atoms with E-state index in [0.717, 1.165) is 11.1 Å². The summed E-state index contributed by atoms with van der Waals surface area (Å²) in [4.78, 5) is 0. The number of hydrogen-bond donors (Lipinski definition) is 2. The van der Waals surface area contributed by atoms with E-state index in [4.69, 9.17) is 17.3 Å². The molecule has 0 saturated carbocycles. The Morgan fingerprint density at radius 3 is 2.65 bits per heavy atom. The molecule has 2 aromatic carbocycles. The molecule has 2 unspecified atom stereocenters. The minimum absolute atomic E-state index is 0.247. The Balaban J connectivity index is 2.38. The Bertz CT molecular complexity index is 603. The molecule has 0 amide bonds. The monoisotopic (exact) mass is 293 g/mol. The molecule has 0 heterocycles. The lowest BCUT2D eigenvalue weighted by molar-refractivity contribution is 0.146. The van der Waals surface area contributed by atoms with Crippen LogP contribution in [0.1, 0.15) is 28.7 Å². The summed E-state index contributed by atoms with van der Waals surface area (Å²) in [6.07, 6.45) is -0.867. The second-order valence-corrected chi connectivity index (χ2v) is 5.28. The summed E-state index contributed by atoms with van der Waals surface area (Å²) in [6, 6.07) is 11.6. The molecule has 4 heteroatoms. The fraction of sp³-hybridized carbons (Fsp3) is 0.250. The van der Waals surface area contributed by atoms with Crippen LogP contribution in [0.3, 0.4) is 0 Å². The summed E-state index contributed by atoms with van der Waals surface area (Å²) in [7, 11) is 0. The van der Waals surface area contributed by atoms with Crippen molar-refractivity contribution in [1.82, 2.24) is 0 Å². The number of benzene rings is 2. The molecule has 2 atom stereocenters. The third-order valence-electron chi connectivity index (χ3n) is 3.47. The Labute approximate surface area is 123 Å². The molecule has 20 heavy (non-hydrogen) atoms. The number of rotatable bonds is 4. The number of halogens is 2. The van der Waals surface area contributed by atoms with Crippen molar-refractivity contribution < 1.29 is 9.50 Å². The van der Waals surface area contributed by atoms with Crippen molar-refractivity contribution in [2.45, 2.75) is 18.9 Å². The van der Waals surface area contributed by atoms with Crippen LogP contribution in [0.25, 0.3) is 0 Å². The van der Waals surface area contributed by atoms with E-state index >= 15 is 0 Å². The highest BCUT2D eigenvalue weighted by Gasteiger charge is 2.23. The maximum absolute atomic E-state index is 13.4. The molecule has 0 aliphatic carbocycles. The van der Waals surface area contributed by atoms with Crippen LogP contribution in [0, 0.1) is 12.7 Å². The molecule has 0 saturated heterocycles. The van der Waals surface area contributed by atoms with Crippen LogP contribution in [0.15, 0.2) is 42.5 Å². The smallest absolute Gasteiger partial charge is 0.123 e. The lowest BCUT2D eigenvalue weighted by atomic mass is 9.87. The highest BCUT2D eigenvalue weighted by molar-refractivity contribution is 6.30. The quantitative estimate of drug-likeness (QED) is 0.905. The van der Waals surface area contributed by atoms with Gasteiger partial charge in [-0.2, -0.15) is 0 Å². The highest BCUT2D eigenvalue weighted by Crippen LogP contribution is 2.33. The van der Waals surface area contributed by atoms with Crippen molar-refractivity contribution >= 4 is 11.6 Å². The average molecular weight is 294 g/mol. The van der Waals surface area contributed by atoms with E-state index in [1.165, 1.54) is 12.1 Å². The molecule has 0 aromatic heterocycles. The van der Waals surface area contributed by atoms with Crippen LogP contribution in [0.4, 0.5) is 4.39 Å². The van der Waals surface area contributed by atoms with Crippen molar-refractivity contribution in [1.29, 1.82) is 0 Å². The maximum atomic E-state index is 13.4. The minimum atomic E-state index is -0.867.